The van der Waals surface area contributed by atoms with Crippen molar-refractivity contribution in [1.82, 2.24) is 20.9 Å². The van der Waals surface area contributed by atoms with Crippen molar-refractivity contribution >= 4 is 40.7 Å². The van der Waals surface area contributed by atoms with Gasteiger partial charge < -0.3 is 26.1 Å². The number of ketones is 1. The molecule has 3 atom stereocenters. The number of H-pyrrole nitrogens is 1. The molecule has 3 rings (SSSR count). The first-order chi connectivity index (χ1) is 14.9. The van der Waals surface area contributed by atoms with E-state index < -0.39 is 35.8 Å². The van der Waals surface area contributed by atoms with E-state index >= 15 is 0 Å². The summed E-state index contributed by atoms with van der Waals surface area (Å²) in [7, 11) is 0. The molecule has 31 heavy (non-hydrogen) atoms. The standard InChI is InChI=1S/C21H25N5O5/c22-10-13(27)5-6-17(21(30)31)26-20(29)18(25-16-7-8-23-19(16)28)9-12-11-24-15-4-2-1-3-14(12)15/h1-4,10-11,16-18,22,24-25H,5-9H2,(H,23,28)(H,26,29)(H,30,31)/t16?,17-,18-/m0/s1. The second kappa shape index (κ2) is 9.98. The first kappa shape index (κ1) is 22.2. The minimum Gasteiger partial charge on any atom is -0.480 e. The van der Waals surface area contributed by atoms with E-state index in [0.717, 1.165) is 16.5 Å². The third-order valence-corrected chi connectivity index (χ3v) is 5.32. The maximum Gasteiger partial charge on any atom is 0.326 e. The number of aromatic nitrogens is 1. The molecule has 0 saturated carbocycles. The molecule has 2 amide bonds. The molecule has 1 fully saturated rings. The largest absolute Gasteiger partial charge is 0.480 e. The summed E-state index contributed by atoms with van der Waals surface area (Å²) in [5.41, 5.74) is 1.76. The number of aromatic amines is 1. The van der Waals surface area contributed by atoms with Crippen molar-refractivity contribution in [3.63, 3.8) is 0 Å². The molecule has 10 heteroatoms. The highest BCUT2D eigenvalue weighted by molar-refractivity contribution is 6.26. The zero-order chi connectivity index (χ0) is 22.4. The maximum atomic E-state index is 13.0. The molecule has 1 unspecified atom stereocenters. The average Bonchev–Trinajstić information content (AvgIpc) is 3.36. The highest BCUT2D eigenvalue weighted by Gasteiger charge is 2.32. The number of amides is 2. The molecular formula is C21H25N5O5. The molecule has 2 heterocycles. The predicted molar refractivity (Wildman–Crippen MR) is 113 cm³/mol. The van der Waals surface area contributed by atoms with Gasteiger partial charge in [-0.2, -0.15) is 0 Å². The van der Waals surface area contributed by atoms with Crippen molar-refractivity contribution in [3.05, 3.63) is 36.0 Å². The number of fused-ring (bicyclic) bond motifs is 1. The van der Waals surface area contributed by atoms with Gasteiger partial charge in [-0.1, -0.05) is 18.2 Å². The van der Waals surface area contributed by atoms with E-state index in [2.05, 4.69) is 20.9 Å². The molecule has 1 aromatic carbocycles. The number of aliphatic carboxylic acids is 1. The summed E-state index contributed by atoms with van der Waals surface area (Å²) in [6.45, 7) is 0.501. The van der Waals surface area contributed by atoms with E-state index in [-0.39, 0.29) is 25.2 Å². The van der Waals surface area contributed by atoms with Crippen LogP contribution in [0.15, 0.2) is 30.5 Å². The number of carbonyl (C=O) groups is 4. The minimum absolute atomic E-state index is 0.126. The van der Waals surface area contributed by atoms with Crippen LogP contribution in [0.25, 0.3) is 10.9 Å². The SMILES string of the molecule is N=CC(=O)CC[C@H](NC(=O)[C@H](Cc1c[nH]c2ccccc12)NC1CCNC1=O)C(=O)O. The average molecular weight is 427 g/mol. The van der Waals surface area contributed by atoms with Crippen LogP contribution in [-0.4, -0.2) is 64.5 Å². The Morgan fingerprint density at radius 2 is 2.03 bits per heavy atom. The third-order valence-electron chi connectivity index (χ3n) is 5.32. The van der Waals surface area contributed by atoms with Crippen LogP contribution in [0.4, 0.5) is 0 Å². The lowest BCUT2D eigenvalue weighted by Gasteiger charge is -2.23. The van der Waals surface area contributed by atoms with Gasteiger partial charge in [0, 0.05) is 30.1 Å². The second-order valence-electron chi connectivity index (χ2n) is 7.46. The fourth-order valence-corrected chi connectivity index (χ4v) is 3.63. The number of rotatable bonds is 11. The lowest BCUT2D eigenvalue weighted by molar-refractivity contribution is -0.142. The number of hydrogen-bond acceptors (Lipinski definition) is 6. The molecule has 0 radical (unpaired) electrons. The molecule has 1 saturated heterocycles. The van der Waals surface area contributed by atoms with Crippen LogP contribution >= 0.6 is 0 Å². The Labute approximate surface area is 178 Å². The van der Waals surface area contributed by atoms with Gasteiger partial charge in [0.1, 0.15) is 6.04 Å². The number of nitrogens with one attached hydrogen (secondary N) is 5. The monoisotopic (exact) mass is 427 g/mol. The molecule has 0 spiro atoms. The van der Waals surface area contributed by atoms with Crippen LogP contribution in [0, 0.1) is 5.41 Å². The smallest absolute Gasteiger partial charge is 0.326 e. The van der Waals surface area contributed by atoms with Crippen molar-refractivity contribution in [3.8, 4) is 0 Å². The van der Waals surface area contributed by atoms with Crippen molar-refractivity contribution in [2.75, 3.05) is 6.54 Å². The summed E-state index contributed by atoms with van der Waals surface area (Å²) in [6, 6.07) is 4.92. The topological polar surface area (TPSA) is 164 Å². The molecule has 6 N–H and O–H groups in total. The molecule has 1 aliphatic rings. The van der Waals surface area contributed by atoms with E-state index in [1.807, 2.05) is 24.3 Å². The molecule has 10 nitrogen and oxygen atoms in total. The van der Waals surface area contributed by atoms with Crippen molar-refractivity contribution in [2.24, 2.45) is 0 Å². The molecule has 1 aromatic heterocycles. The van der Waals surface area contributed by atoms with Gasteiger partial charge in [-0.25, -0.2) is 4.79 Å². The van der Waals surface area contributed by atoms with Gasteiger partial charge in [0.2, 0.25) is 11.8 Å². The van der Waals surface area contributed by atoms with Crippen LogP contribution in [-0.2, 0) is 25.6 Å². The highest BCUT2D eigenvalue weighted by Crippen LogP contribution is 2.20. The number of carbonyl (C=O) groups excluding carboxylic acids is 3. The summed E-state index contributed by atoms with van der Waals surface area (Å²) >= 11 is 0. The quantitative estimate of drug-likeness (QED) is 0.279. The number of para-hydroxylation sites is 1. The van der Waals surface area contributed by atoms with Crippen LogP contribution in [0.1, 0.15) is 24.8 Å². The molecule has 0 aliphatic carbocycles. The van der Waals surface area contributed by atoms with E-state index in [1.54, 1.807) is 6.20 Å². The van der Waals surface area contributed by atoms with Gasteiger partial charge in [0.05, 0.1) is 18.3 Å². The zero-order valence-electron chi connectivity index (χ0n) is 16.8. The van der Waals surface area contributed by atoms with E-state index in [0.29, 0.717) is 19.2 Å². The number of carboxylic acids is 1. The van der Waals surface area contributed by atoms with E-state index in [9.17, 15) is 24.3 Å². The van der Waals surface area contributed by atoms with Crippen molar-refractivity contribution in [1.29, 1.82) is 5.41 Å². The summed E-state index contributed by atoms with van der Waals surface area (Å²) in [6.07, 6.45) is 2.89. The maximum absolute atomic E-state index is 13.0. The lowest BCUT2D eigenvalue weighted by Crippen LogP contribution is -2.54. The van der Waals surface area contributed by atoms with Crippen molar-refractivity contribution < 1.29 is 24.3 Å². The number of hydrogen-bond donors (Lipinski definition) is 6. The highest BCUT2D eigenvalue weighted by atomic mass is 16.4. The predicted octanol–water partition coefficient (Wildman–Crippen LogP) is 0.125. The van der Waals surface area contributed by atoms with Gasteiger partial charge in [-0.15, -0.1) is 0 Å². The number of carboxylic acid groups (broad SMARTS) is 1. The van der Waals surface area contributed by atoms with Crippen LogP contribution in [0.3, 0.4) is 0 Å². The number of Topliss-reactive ketones (excluding diaryl/α,β-unsaturated/α-hetero) is 1. The fraction of sp³-hybridized carbons (Fsp3) is 0.381. The van der Waals surface area contributed by atoms with Gasteiger partial charge in [0.15, 0.2) is 5.78 Å². The first-order valence-corrected chi connectivity index (χ1v) is 10.0. The van der Waals surface area contributed by atoms with E-state index in [4.69, 9.17) is 5.41 Å². The fourth-order valence-electron chi connectivity index (χ4n) is 3.63. The van der Waals surface area contributed by atoms with Gasteiger partial charge in [0.25, 0.3) is 0 Å². The molecule has 0 bridgehead atoms. The Bertz CT molecular complexity index is 1000. The number of benzene rings is 1. The summed E-state index contributed by atoms with van der Waals surface area (Å²) in [4.78, 5) is 51.1. The second-order valence-corrected chi connectivity index (χ2v) is 7.46. The molecule has 2 aromatic rings. The van der Waals surface area contributed by atoms with Gasteiger partial charge in [-0.3, -0.25) is 19.7 Å². The first-order valence-electron chi connectivity index (χ1n) is 10.0. The molecule has 1 aliphatic heterocycles. The minimum atomic E-state index is -1.28. The van der Waals surface area contributed by atoms with Crippen molar-refractivity contribution in [2.45, 2.75) is 43.8 Å². The van der Waals surface area contributed by atoms with Crippen LogP contribution < -0.4 is 16.0 Å². The third kappa shape index (κ3) is 5.54. The zero-order valence-corrected chi connectivity index (χ0v) is 16.8. The molecular weight excluding hydrogens is 402 g/mol. The lowest BCUT2D eigenvalue weighted by atomic mass is 10.0. The summed E-state index contributed by atoms with van der Waals surface area (Å²) in [5, 5.41) is 25.5. The molecule has 164 valence electrons. The Kier molecular flexibility index (Phi) is 7.14. The summed E-state index contributed by atoms with van der Waals surface area (Å²) < 4.78 is 0. The Morgan fingerprint density at radius 1 is 1.26 bits per heavy atom. The van der Waals surface area contributed by atoms with Gasteiger partial charge in [-0.05, 0) is 30.9 Å². The summed E-state index contributed by atoms with van der Waals surface area (Å²) in [5.74, 6) is -2.56. The van der Waals surface area contributed by atoms with Crippen LogP contribution in [0.2, 0.25) is 0 Å². The normalized spacial score (nSPS) is 17.7. The van der Waals surface area contributed by atoms with Crippen LogP contribution in [0.5, 0.6) is 0 Å². The van der Waals surface area contributed by atoms with Gasteiger partial charge >= 0.3 is 5.97 Å². The Balaban J connectivity index is 1.77. The Morgan fingerprint density at radius 3 is 2.71 bits per heavy atom. The van der Waals surface area contributed by atoms with E-state index in [1.165, 1.54) is 0 Å². The Hall–Kier alpha value is -3.53.